The van der Waals surface area contributed by atoms with Crippen LogP contribution in [0.5, 0.6) is 23.0 Å². The number of benzene rings is 4. The fraction of sp³-hybridized carbons (Fsp3) is 0.111. The number of phenolic OH excluding ortho intramolecular Hbond substituents is 4. The zero-order valence-electron chi connectivity index (χ0n) is 25.8. The Bertz CT molecular complexity index is 1730. The molecule has 52 heavy (non-hydrogen) atoms. The number of hydrogen-bond acceptors (Lipinski definition) is 11. The Balaban J connectivity index is 0.000000742. The van der Waals surface area contributed by atoms with Crippen molar-refractivity contribution in [1.29, 1.82) is 0 Å². The summed E-state index contributed by atoms with van der Waals surface area (Å²) in [6, 6.07) is 7.29. The molecule has 25 heteroatoms. The van der Waals surface area contributed by atoms with Gasteiger partial charge in [0.15, 0.2) is 0 Å². The Morgan fingerprint density at radius 1 is 0.538 bits per heavy atom. The number of hydrogen-bond donors (Lipinski definition) is 7. The molecule has 0 amide bonds. The van der Waals surface area contributed by atoms with Gasteiger partial charge in [-0.2, -0.15) is 8.42 Å². The molecule has 0 heterocycles. The summed E-state index contributed by atoms with van der Waals surface area (Å²) in [6.07, 6.45) is 2.54. The van der Waals surface area contributed by atoms with Gasteiger partial charge in [0.2, 0.25) is 0 Å². The van der Waals surface area contributed by atoms with Gasteiger partial charge < -0.3 is 4.55 Å². The van der Waals surface area contributed by atoms with Crippen molar-refractivity contribution in [1.82, 2.24) is 0 Å². The predicted molar refractivity (Wildman–Crippen MR) is 162 cm³/mol. The Morgan fingerprint density at radius 2 is 0.673 bits per heavy atom. The van der Waals surface area contributed by atoms with Crippen LogP contribution in [0.3, 0.4) is 0 Å². The maximum atomic E-state index is 13.1. The Kier molecular flexibility index (Phi) is 19.1. The van der Waals surface area contributed by atoms with Gasteiger partial charge in [-0.3, -0.25) is 0 Å². The van der Waals surface area contributed by atoms with E-state index in [1.165, 1.54) is 0 Å². The van der Waals surface area contributed by atoms with E-state index in [1.807, 2.05) is 0 Å². The van der Waals surface area contributed by atoms with Crippen LogP contribution in [0.15, 0.2) is 48.5 Å². The summed E-state index contributed by atoms with van der Waals surface area (Å²) in [6.45, 7) is 0. The average Bonchev–Trinajstić information content (AvgIpc) is 3.00. The van der Waals surface area contributed by atoms with Crippen LogP contribution in [-0.4, -0.2) is 66.9 Å². The van der Waals surface area contributed by atoms with Gasteiger partial charge in [0.1, 0.15) is 9.63 Å². The van der Waals surface area contributed by atoms with E-state index in [2.05, 4.69) is 8.67 Å². The molecular weight excluding hydrogens is 1070 g/mol. The fourth-order valence-electron chi connectivity index (χ4n) is 2.61. The molecule has 0 atom stereocenters. The first-order chi connectivity index (χ1) is 23.1. The summed E-state index contributed by atoms with van der Waals surface area (Å²) in [7, 11) is -7.67. The number of halogens is 11. The van der Waals surface area contributed by atoms with Crippen LogP contribution in [0.1, 0.15) is 0 Å². The van der Waals surface area contributed by atoms with Gasteiger partial charge in [0.25, 0.3) is 10.1 Å². The summed E-state index contributed by atoms with van der Waals surface area (Å²) in [4.78, 5) is 0. The topological polar surface area (TPSA) is 211 Å². The fourth-order valence-corrected chi connectivity index (χ4v) is 7.48. The molecule has 4 rings (SSSR count). The average molecular weight is 1090 g/mol. The third-order valence-electron chi connectivity index (χ3n) is 4.71. The molecule has 0 aromatic heterocycles. The molecular formula is C27H25BrF8I2O12S2-2. The molecule has 0 saturated carbocycles. The van der Waals surface area contributed by atoms with E-state index in [9.17, 15) is 47.8 Å². The summed E-state index contributed by atoms with van der Waals surface area (Å²) >= 11 is -2.49. The van der Waals surface area contributed by atoms with E-state index in [4.69, 9.17) is 35.5 Å². The molecule has 0 bridgehead atoms. The molecule has 0 radical (unpaired) electrons. The maximum absolute atomic E-state index is 13.1. The van der Waals surface area contributed by atoms with Crippen molar-refractivity contribution in [2.75, 3.05) is 18.8 Å². The molecule has 0 aliphatic carbocycles. The second-order valence-corrected chi connectivity index (χ2v) is 20.7. The van der Waals surface area contributed by atoms with Crippen molar-refractivity contribution in [3.63, 3.8) is 0 Å². The predicted octanol–water partition coefficient (Wildman–Crippen LogP) is -0.478. The van der Waals surface area contributed by atoms with Crippen molar-refractivity contribution < 1.29 is 134 Å². The molecule has 0 saturated heterocycles. The van der Waals surface area contributed by atoms with E-state index < -0.39 is 132 Å². The minimum atomic E-state index is -4.06. The van der Waals surface area contributed by atoms with Crippen molar-refractivity contribution in [2.45, 2.75) is 0 Å². The van der Waals surface area contributed by atoms with Gasteiger partial charge in [-0.15, -0.1) is 25.6 Å². The molecule has 0 unspecified atom stereocenters. The van der Waals surface area contributed by atoms with E-state index in [0.717, 1.165) is 67.3 Å². The first kappa shape index (κ1) is 49.4. The minimum absolute atomic E-state index is 0. The third-order valence-corrected chi connectivity index (χ3v) is 10.4. The number of aromatic hydroxyl groups is 4. The first-order valence-corrected chi connectivity index (χ1v) is 21.2. The molecule has 4 aromatic rings. The van der Waals surface area contributed by atoms with Crippen LogP contribution >= 0.6 is 17.0 Å². The van der Waals surface area contributed by atoms with Gasteiger partial charge in [-0.1, -0.05) is 0 Å². The monoisotopic (exact) mass is 1090 g/mol. The Morgan fingerprint density at radius 3 is 0.769 bits per heavy atom. The summed E-state index contributed by atoms with van der Waals surface area (Å²) < 4.78 is 149. The van der Waals surface area contributed by atoms with Crippen LogP contribution in [-0.2, 0) is 28.4 Å². The molecule has 0 aliphatic rings. The SMILES string of the molecule is Br.CS(=O)(=O)OO.CS(C)(=O)(O)OO.Oc1c(F)cc([I-]c2cc(F)c(O)c(F)c2)cc1F.Oc1c(F)cc([I-]c2cc(F)c(O)c(F)c2)cc1F. The van der Waals surface area contributed by atoms with Crippen LogP contribution in [0.4, 0.5) is 35.1 Å². The zero-order valence-corrected chi connectivity index (χ0v) is 33.5. The third kappa shape index (κ3) is 17.5. The number of phenols is 4. The molecule has 296 valence electrons. The molecule has 12 nitrogen and oxygen atoms in total. The second-order valence-electron chi connectivity index (χ2n) is 9.57. The standard InChI is InChI=1S/2C12H6F4IO2.C2H8O4S.CH4O4S.BrH/c2*13-7-1-5(2-8(14)11(7)18)17-6-3-9(15)12(19)10(16)4-6;1-7(2,4,5)6-3;1-6(3,4)5-2;/h2*1-4,18-19H;3H,1-2H3,(H,4,5);2H,1H3;1H/q2*-1;;;. The van der Waals surface area contributed by atoms with Gasteiger partial charge >= 0.3 is 230 Å². The van der Waals surface area contributed by atoms with Crippen LogP contribution in [0, 0.1) is 60.8 Å². The van der Waals surface area contributed by atoms with Gasteiger partial charge in [0, 0.05) is 12.5 Å². The molecule has 4 aromatic carbocycles. The molecule has 0 fully saturated rings. The van der Waals surface area contributed by atoms with E-state index in [1.54, 1.807) is 0 Å². The van der Waals surface area contributed by atoms with Gasteiger partial charge in [-0.05, 0) is 0 Å². The van der Waals surface area contributed by atoms with Crippen molar-refractivity contribution >= 4 is 36.7 Å². The second kappa shape index (κ2) is 20.2. The van der Waals surface area contributed by atoms with E-state index in [0.29, 0.717) is 0 Å². The zero-order chi connectivity index (χ0) is 39.7. The van der Waals surface area contributed by atoms with Gasteiger partial charge in [0.05, 0.1) is 6.26 Å². The number of rotatable bonds is 6. The van der Waals surface area contributed by atoms with Crippen molar-refractivity contribution in [3.05, 3.63) is 109 Å². The first-order valence-electron chi connectivity index (χ1n) is 12.4. The van der Waals surface area contributed by atoms with Crippen LogP contribution in [0.25, 0.3) is 0 Å². The molecule has 7 N–H and O–H groups in total. The van der Waals surface area contributed by atoms with Crippen LogP contribution in [0.2, 0.25) is 0 Å². The normalized spacial score (nSPS) is 11.8. The van der Waals surface area contributed by atoms with Gasteiger partial charge in [-0.25, -0.2) is 14.7 Å². The summed E-state index contributed by atoms with van der Waals surface area (Å²) in [5.41, 5.74) is 0. The Hall–Kier alpha value is -2.64. The van der Waals surface area contributed by atoms with Crippen LogP contribution < -0.4 is 42.4 Å². The molecule has 0 aliphatic heterocycles. The summed E-state index contributed by atoms with van der Waals surface area (Å²) in [5.74, 6) is -13.4. The summed E-state index contributed by atoms with van der Waals surface area (Å²) in [5, 5.41) is 50.7. The van der Waals surface area contributed by atoms with E-state index >= 15 is 0 Å². The Labute approximate surface area is 320 Å². The van der Waals surface area contributed by atoms with Crippen molar-refractivity contribution in [2.24, 2.45) is 0 Å². The van der Waals surface area contributed by atoms with Crippen molar-refractivity contribution in [3.8, 4) is 23.0 Å². The molecule has 0 spiro atoms. The quantitative estimate of drug-likeness (QED) is 0.0566. The van der Waals surface area contributed by atoms with E-state index in [-0.39, 0.29) is 31.3 Å².